The smallest absolute Gasteiger partial charge is 0.317 e. The number of urea groups is 1. The fourth-order valence-electron chi connectivity index (χ4n) is 2.85. The average Bonchev–Trinajstić information content (AvgIpc) is 2.74. The van der Waals surface area contributed by atoms with Gasteiger partial charge in [-0.05, 0) is 32.4 Å². The lowest BCUT2D eigenvalue weighted by molar-refractivity contribution is 0.190. The number of hydrogen-bond acceptors (Lipinski definition) is 1. The first-order valence-corrected chi connectivity index (χ1v) is 7.20. The molecule has 106 valence electrons. The van der Waals surface area contributed by atoms with Gasteiger partial charge in [-0.3, -0.25) is 0 Å². The molecule has 3 rings (SSSR count). The summed E-state index contributed by atoms with van der Waals surface area (Å²) < 4.78 is 0. The third-order valence-electron chi connectivity index (χ3n) is 3.83. The maximum Gasteiger partial charge on any atom is 0.317 e. The molecule has 0 fully saturated rings. The second kappa shape index (κ2) is 4.85. The number of aryl methyl sites for hydroxylation is 1. The Balaban J connectivity index is 1.90. The van der Waals surface area contributed by atoms with Gasteiger partial charge in [0.15, 0.2) is 0 Å². The SMILES string of the molecule is Cc1ccc2c3c([nH]c2c1)CCN(C(=O)NC(C)C)C3. The minimum atomic E-state index is 0.0344. The van der Waals surface area contributed by atoms with E-state index in [-0.39, 0.29) is 12.1 Å². The Labute approximate surface area is 119 Å². The van der Waals surface area contributed by atoms with Crippen LogP contribution in [0, 0.1) is 6.92 Å². The van der Waals surface area contributed by atoms with E-state index >= 15 is 0 Å². The van der Waals surface area contributed by atoms with Crippen molar-refractivity contribution in [1.29, 1.82) is 0 Å². The zero-order chi connectivity index (χ0) is 14.3. The lowest BCUT2D eigenvalue weighted by Crippen LogP contribution is -2.45. The lowest BCUT2D eigenvalue weighted by atomic mass is 10.0. The zero-order valence-electron chi connectivity index (χ0n) is 12.3. The molecule has 0 saturated carbocycles. The van der Waals surface area contributed by atoms with Gasteiger partial charge in [0.25, 0.3) is 0 Å². The molecule has 0 spiro atoms. The molecule has 0 radical (unpaired) electrons. The van der Waals surface area contributed by atoms with Gasteiger partial charge in [-0.25, -0.2) is 4.79 Å². The number of fused-ring (bicyclic) bond motifs is 3. The summed E-state index contributed by atoms with van der Waals surface area (Å²) in [6.45, 7) is 7.54. The Hall–Kier alpha value is -1.97. The van der Waals surface area contributed by atoms with Gasteiger partial charge in [0, 0.05) is 47.7 Å². The van der Waals surface area contributed by atoms with Crippen LogP contribution in [0.1, 0.15) is 30.7 Å². The van der Waals surface area contributed by atoms with Gasteiger partial charge in [-0.2, -0.15) is 0 Å². The normalized spacial score (nSPS) is 14.7. The van der Waals surface area contributed by atoms with E-state index in [0.717, 1.165) is 13.0 Å². The van der Waals surface area contributed by atoms with E-state index in [4.69, 9.17) is 0 Å². The van der Waals surface area contributed by atoms with Gasteiger partial charge in [0.1, 0.15) is 0 Å². The number of aromatic amines is 1. The van der Waals surface area contributed by atoms with E-state index in [0.29, 0.717) is 6.54 Å². The minimum Gasteiger partial charge on any atom is -0.358 e. The van der Waals surface area contributed by atoms with Gasteiger partial charge in [-0.1, -0.05) is 12.1 Å². The lowest BCUT2D eigenvalue weighted by Gasteiger charge is -2.28. The van der Waals surface area contributed by atoms with Crippen LogP contribution in [0.4, 0.5) is 4.79 Å². The monoisotopic (exact) mass is 271 g/mol. The molecule has 2 amide bonds. The first kappa shape index (κ1) is 13.0. The molecule has 1 aromatic carbocycles. The van der Waals surface area contributed by atoms with E-state index < -0.39 is 0 Å². The van der Waals surface area contributed by atoms with E-state index in [9.17, 15) is 4.79 Å². The highest BCUT2D eigenvalue weighted by atomic mass is 16.2. The van der Waals surface area contributed by atoms with Crippen LogP contribution in [0.25, 0.3) is 10.9 Å². The summed E-state index contributed by atoms with van der Waals surface area (Å²) >= 11 is 0. The van der Waals surface area contributed by atoms with Crippen LogP contribution in [-0.4, -0.2) is 28.5 Å². The molecule has 0 bridgehead atoms. The van der Waals surface area contributed by atoms with E-state index in [1.165, 1.54) is 27.7 Å². The number of rotatable bonds is 1. The molecule has 4 nitrogen and oxygen atoms in total. The number of benzene rings is 1. The van der Waals surface area contributed by atoms with Gasteiger partial charge in [0.2, 0.25) is 0 Å². The van der Waals surface area contributed by atoms with Crippen LogP contribution in [-0.2, 0) is 13.0 Å². The van der Waals surface area contributed by atoms with E-state index in [1.54, 1.807) is 0 Å². The van der Waals surface area contributed by atoms with Gasteiger partial charge in [0.05, 0.1) is 0 Å². The summed E-state index contributed by atoms with van der Waals surface area (Å²) in [5, 5.41) is 4.21. The van der Waals surface area contributed by atoms with Crippen molar-refractivity contribution >= 4 is 16.9 Å². The van der Waals surface area contributed by atoms with Gasteiger partial charge >= 0.3 is 6.03 Å². The molecule has 0 aliphatic carbocycles. The number of carbonyl (C=O) groups excluding carboxylic acids is 1. The molecular formula is C16H21N3O. The Morgan fingerprint density at radius 1 is 1.40 bits per heavy atom. The molecule has 1 aliphatic heterocycles. The Morgan fingerprint density at radius 3 is 2.95 bits per heavy atom. The topological polar surface area (TPSA) is 48.1 Å². The van der Waals surface area contributed by atoms with Crippen LogP contribution in [0.5, 0.6) is 0 Å². The number of carbonyl (C=O) groups is 1. The summed E-state index contributed by atoms with van der Waals surface area (Å²) in [5.41, 5.74) is 4.98. The predicted octanol–water partition coefficient (Wildman–Crippen LogP) is 2.95. The predicted molar refractivity (Wildman–Crippen MR) is 80.8 cm³/mol. The van der Waals surface area contributed by atoms with Gasteiger partial charge < -0.3 is 15.2 Å². The highest BCUT2D eigenvalue weighted by molar-refractivity contribution is 5.86. The van der Waals surface area contributed by atoms with Crippen LogP contribution in [0.15, 0.2) is 18.2 Å². The molecule has 20 heavy (non-hydrogen) atoms. The number of nitrogens with zero attached hydrogens (tertiary/aromatic N) is 1. The largest absolute Gasteiger partial charge is 0.358 e. The maximum atomic E-state index is 12.1. The second-order valence-corrected chi connectivity index (χ2v) is 5.91. The average molecular weight is 271 g/mol. The fraction of sp³-hybridized carbons (Fsp3) is 0.438. The van der Waals surface area contributed by atoms with E-state index in [1.807, 2.05) is 18.7 Å². The summed E-state index contributed by atoms with van der Waals surface area (Å²) in [6.07, 6.45) is 0.897. The Morgan fingerprint density at radius 2 is 2.20 bits per heavy atom. The third-order valence-corrected chi connectivity index (χ3v) is 3.83. The van der Waals surface area contributed by atoms with Gasteiger partial charge in [-0.15, -0.1) is 0 Å². The molecule has 4 heteroatoms. The highest BCUT2D eigenvalue weighted by Gasteiger charge is 2.24. The Bertz CT molecular complexity index is 657. The summed E-state index contributed by atoms with van der Waals surface area (Å²) in [5.74, 6) is 0. The molecule has 1 aromatic heterocycles. The maximum absolute atomic E-state index is 12.1. The van der Waals surface area contributed by atoms with Crippen molar-refractivity contribution in [1.82, 2.24) is 15.2 Å². The summed E-state index contributed by atoms with van der Waals surface area (Å²) in [4.78, 5) is 17.5. The molecular weight excluding hydrogens is 250 g/mol. The van der Waals surface area contributed by atoms with Crippen molar-refractivity contribution in [2.45, 2.75) is 39.8 Å². The fourth-order valence-corrected chi connectivity index (χ4v) is 2.85. The number of hydrogen-bond donors (Lipinski definition) is 2. The molecule has 2 N–H and O–H groups in total. The number of nitrogens with one attached hydrogen (secondary N) is 2. The summed E-state index contributed by atoms with van der Waals surface area (Å²) in [7, 11) is 0. The van der Waals surface area contributed by atoms with Crippen molar-refractivity contribution in [2.24, 2.45) is 0 Å². The summed E-state index contributed by atoms with van der Waals surface area (Å²) in [6, 6.07) is 6.67. The number of aromatic nitrogens is 1. The quantitative estimate of drug-likeness (QED) is 0.823. The van der Waals surface area contributed by atoms with Crippen molar-refractivity contribution in [3.63, 3.8) is 0 Å². The third kappa shape index (κ3) is 2.26. The van der Waals surface area contributed by atoms with Crippen molar-refractivity contribution in [3.05, 3.63) is 35.0 Å². The van der Waals surface area contributed by atoms with Crippen LogP contribution in [0.3, 0.4) is 0 Å². The van der Waals surface area contributed by atoms with E-state index in [2.05, 4.69) is 35.4 Å². The van der Waals surface area contributed by atoms with Crippen LogP contribution < -0.4 is 5.32 Å². The minimum absolute atomic E-state index is 0.0344. The first-order chi connectivity index (χ1) is 9.54. The molecule has 2 heterocycles. The van der Waals surface area contributed by atoms with Crippen LogP contribution in [0.2, 0.25) is 0 Å². The van der Waals surface area contributed by atoms with Crippen LogP contribution >= 0.6 is 0 Å². The van der Waals surface area contributed by atoms with Crippen molar-refractivity contribution in [2.75, 3.05) is 6.54 Å². The standard InChI is InChI=1S/C16H21N3O/c1-10(2)17-16(20)19-7-6-14-13(9-19)12-5-4-11(3)8-15(12)18-14/h4-5,8,10,18H,6-7,9H2,1-3H3,(H,17,20). The second-order valence-electron chi connectivity index (χ2n) is 5.91. The number of amides is 2. The molecule has 0 atom stereocenters. The zero-order valence-corrected chi connectivity index (χ0v) is 12.3. The highest BCUT2D eigenvalue weighted by Crippen LogP contribution is 2.28. The Kier molecular flexibility index (Phi) is 3.16. The molecule has 1 aliphatic rings. The van der Waals surface area contributed by atoms with Crippen molar-refractivity contribution in [3.8, 4) is 0 Å². The molecule has 2 aromatic rings. The first-order valence-electron chi connectivity index (χ1n) is 7.20. The molecule has 0 unspecified atom stereocenters. The number of H-pyrrole nitrogens is 1. The van der Waals surface area contributed by atoms with Crippen molar-refractivity contribution < 1.29 is 4.79 Å². The molecule has 0 saturated heterocycles.